The van der Waals surface area contributed by atoms with Crippen LogP contribution in [0.1, 0.15) is 6.42 Å². The maximum Gasteiger partial charge on any atom is 0.326 e. The highest BCUT2D eigenvalue weighted by molar-refractivity contribution is 6.30. The molecule has 102 valence electrons. The number of aliphatic carboxylic acids is 1. The van der Waals surface area contributed by atoms with Crippen molar-refractivity contribution in [2.75, 3.05) is 5.32 Å². The van der Waals surface area contributed by atoms with Gasteiger partial charge in [-0.3, -0.25) is 0 Å². The summed E-state index contributed by atoms with van der Waals surface area (Å²) in [5, 5.41) is 13.3. The summed E-state index contributed by atoms with van der Waals surface area (Å²) in [4.78, 5) is 22.3. The van der Waals surface area contributed by atoms with Crippen molar-refractivity contribution in [1.29, 1.82) is 0 Å². The van der Waals surface area contributed by atoms with Gasteiger partial charge in [0.2, 0.25) is 0 Å². The predicted molar refractivity (Wildman–Crippen MR) is 69.8 cm³/mol. The standard InChI is InChI=1S/C12H12ClFN2O3/c1-2-3-10(11(17)18)16-12(19)15-7-4-5-8(13)9(14)6-7/h2,4-6,10H,1,3H2,(H,17,18)(H2,15,16,19). The molecule has 5 nitrogen and oxygen atoms in total. The second kappa shape index (κ2) is 6.75. The minimum atomic E-state index is -1.18. The Labute approximate surface area is 114 Å². The van der Waals surface area contributed by atoms with E-state index in [-0.39, 0.29) is 17.1 Å². The summed E-state index contributed by atoms with van der Waals surface area (Å²) in [5.41, 5.74) is 0.169. The second-order valence-electron chi connectivity index (χ2n) is 3.64. The average molecular weight is 287 g/mol. The molecule has 0 aliphatic heterocycles. The molecule has 0 saturated carbocycles. The summed E-state index contributed by atoms with van der Waals surface area (Å²) in [7, 11) is 0. The number of carbonyl (C=O) groups is 2. The van der Waals surface area contributed by atoms with Crippen LogP contribution in [0.5, 0.6) is 0 Å². The average Bonchev–Trinajstić information content (AvgIpc) is 2.33. The molecule has 0 saturated heterocycles. The van der Waals surface area contributed by atoms with Gasteiger partial charge in [-0.25, -0.2) is 14.0 Å². The third kappa shape index (κ3) is 4.59. The molecule has 0 spiro atoms. The number of urea groups is 1. The van der Waals surface area contributed by atoms with Crippen LogP contribution in [0.25, 0.3) is 0 Å². The van der Waals surface area contributed by atoms with Crippen LogP contribution < -0.4 is 10.6 Å². The molecule has 0 fully saturated rings. The summed E-state index contributed by atoms with van der Waals surface area (Å²) in [5.74, 6) is -1.86. The molecular weight excluding hydrogens is 275 g/mol. The molecule has 19 heavy (non-hydrogen) atoms. The molecule has 1 aromatic rings. The van der Waals surface area contributed by atoms with E-state index >= 15 is 0 Å². The van der Waals surface area contributed by atoms with Crippen LogP contribution in [0.15, 0.2) is 30.9 Å². The summed E-state index contributed by atoms with van der Waals surface area (Å²) in [6, 6.07) is 1.87. The minimum absolute atomic E-state index is 0.0685. The molecule has 0 radical (unpaired) electrons. The number of benzene rings is 1. The molecule has 0 aliphatic rings. The lowest BCUT2D eigenvalue weighted by Crippen LogP contribution is -2.42. The van der Waals surface area contributed by atoms with E-state index in [2.05, 4.69) is 17.2 Å². The SMILES string of the molecule is C=CCC(NC(=O)Nc1ccc(Cl)c(F)c1)C(=O)O. The molecule has 1 unspecified atom stereocenters. The van der Waals surface area contributed by atoms with Crippen molar-refractivity contribution in [3.05, 3.63) is 41.7 Å². The number of halogens is 2. The van der Waals surface area contributed by atoms with Gasteiger partial charge in [0, 0.05) is 5.69 Å². The molecule has 7 heteroatoms. The van der Waals surface area contributed by atoms with Gasteiger partial charge in [0.05, 0.1) is 5.02 Å². The summed E-state index contributed by atoms with van der Waals surface area (Å²) in [6.45, 7) is 3.40. The van der Waals surface area contributed by atoms with Gasteiger partial charge < -0.3 is 15.7 Å². The fourth-order valence-electron chi connectivity index (χ4n) is 1.29. The number of nitrogens with one attached hydrogen (secondary N) is 2. The van der Waals surface area contributed by atoms with Crippen molar-refractivity contribution in [3.63, 3.8) is 0 Å². The summed E-state index contributed by atoms with van der Waals surface area (Å²) >= 11 is 5.49. The summed E-state index contributed by atoms with van der Waals surface area (Å²) in [6.07, 6.45) is 1.46. The van der Waals surface area contributed by atoms with Gasteiger partial charge in [-0.1, -0.05) is 17.7 Å². The van der Waals surface area contributed by atoms with Crippen molar-refractivity contribution >= 4 is 29.3 Å². The van der Waals surface area contributed by atoms with Crippen molar-refractivity contribution in [1.82, 2.24) is 5.32 Å². The number of hydrogen-bond donors (Lipinski definition) is 3. The van der Waals surface area contributed by atoms with E-state index in [1.165, 1.54) is 18.2 Å². The normalized spacial score (nSPS) is 11.5. The van der Waals surface area contributed by atoms with Crippen LogP contribution in [0, 0.1) is 5.82 Å². The number of carboxylic acid groups (broad SMARTS) is 1. The zero-order valence-corrected chi connectivity index (χ0v) is 10.6. The summed E-state index contributed by atoms with van der Waals surface area (Å²) < 4.78 is 13.1. The van der Waals surface area contributed by atoms with Crippen LogP contribution in [-0.4, -0.2) is 23.1 Å². The lowest BCUT2D eigenvalue weighted by atomic mass is 10.2. The molecule has 0 aromatic heterocycles. The van der Waals surface area contributed by atoms with Gasteiger partial charge in [-0.2, -0.15) is 0 Å². The smallest absolute Gasteiger partial charge is 0.326 e. The highest BCUT2D eigenvalue weighted by atomic mass is 35.5. The second-order valence-corrected chi connectivity index (χ2v) is 4.05. The van der Waals surface area contributed by atoms with Gasteiger partial charge in [-0.05, 0) is 24.6 Å². The Bertz CT molecular complexity index is 508. The number of rotatable bonds is 5. The maximum absolute atomic E-state index is 13.1. The first-order chi connectivity index (χ1) is 8.93. The van der Waals surface area contributed by atoms with Gasteiger partial charge in [0.15, 0.2) is 0 Å². The first-order valence-corrected chi connectivity index (χ1v) is 5.68. The monoisotopic (exact) mass is 286 g/mol. The molecule has 0 bridgehead atoms. The van der Waals surface area contributed by atoms with E-state index in [9.17, 15) is 14.0 Å². The van der Waals surface area contributed by atoms with E-state index < -0.39 is 23.9 Å². The molecule has 0 heterocycles. The molecule has 3 N–H and O–H groups in total. The van der Waals surface area contributed by atoms with Gasteiger partial charge in [0.25, 0.3) is 0 Å². The van der Waals surface area contributed by atoms with Gasteiger partial charge >= 0.3 is 12.0 Å². The molecule has 1 aromatic carbocycles. The highest BCUT2D eigenvalue weighted by Crippen LogP contribution is 2.18. The van der Waals surface area contributed by atoms with Crippen molar-refractivity contribution in [2.24, 2.45) is 0 Å². The fourth-order valence-corrected chi connectivity index (χ4v) is 1.41. The largest absolute Gasteiger partial charge is 0.480 e. The van der Waals surface area contributed by atoms with Crippen molar-refractivity contribution < 1.29 is 19.1 Å². The Kier molecular flexibility index (Phi) is 5.32. The Hall–Kier alpha value is -2.08. The third-order valence-electron chi connectivity index (χ3n) is 2.18. The Morgan fingerprint density at radius 1 is 1.53 bits per heavy atom. The molecule has 0 aliphatic carbocycles. The van der Waals surface area contributed by atoms with Gasteiger partial charge in [-0.15, -0.1) is 6.58 Å². The number of carbonyl (C=O) groups excluding carboxylic acids is 1. The van der Waals surface area contributed by atoms with Crippen LogP contribution in [0.3, 0.4) is 0 Å². The fraction of sp³-hybridized carbons (Fsp3) is 0.167. The van der Waals surface area contributed by atoms with Gasteiger partial charge in [0.1, 0.15) is 11.9 Å². The zero-order valence-electron chi connectivity index (χ0n) is 9.82. The molecule has 1 atom stereocenters. The topological polar surface area (TPSA) is 78.4 Å². The Morgan fingerprint density at radius 2 is 2.21 bits per heavy atom. The van der Waals surface area contributed by atoms with Crippen LogP contribution >= 0.6 is 11.6 Å². The zero-order chi connectivity index (χ0) is 14.4. The molecule has 2 amide bonds. The molecular formula is C12H12ClFN2O3. The van der Waals surface area contributed by atoms with Crippen LogP contribution in [0.2, 0.25) is 5.02 Å². The van der Waals surface area contributed by atoms with Crippen molar-refractivity contribution in [3.8, 4) is 0 Å². The van der Waals surface area contributed by atoms with Crippen LogP contribution in [0.4, 0.5) is 14.9 Å². The van der Waals surface area contributed by atoms with Crippen LogP contribution in [-0.2, 0) is 4.79 Å². The quantitative estimate of drug-likeness (QED) is 0.728. The van der Waals surface area contributed by atoms with E-state index in [1.54, 1.807) is 0 Å². The lowest BCUT2D eigenvalue weighted by Gasteiger charge is -2.13. The Morgan fingerprint density at radius 3 is 2.74 bits per heavy atom. The van der Waals surface area contributed by atoms with Crippen molar-refractivity contribution in [2.45, 2.75) is 12.5 Å². The maximum atomic E-state index is 13.1. The van der Waals surface area contributed by atoms with E-state index in [0.717, 1.165) is 6.07 Å². The molecule has 1 rings (SSSR count). The lowest BCUT2D eigenvalue weighted by molar-refractivity contribution is -0.139. The van der Waals surface area contributed by atoms with E-state index in [4.69, 9.17) is 16.7 Å². The number of amides is 2. The number of hydrogen-bond acceptors (Lipinski definition) is 2. The minimum Gasteiger partial charge on any atom is -0.480 e. The predicted octanol–water partition coefficient (Wildman–Crippen LogP) is 2.63. The third-order valence-corrected chi connectivity index (χ3v) is 2.49. The Balaban J connectivity index is 2.65. The first-order valence-electron chi connectivity index (χ1n) is 5.30. The number of carboxylic acids is 1. The first kappa shape index (κ1) is 15.0. The number of anilines is 1. The van der Waals surface area contributed by atoms with E-state index in [0.29, 0.717) is 0 Å². The highest BCUT2D eigenvalue weighted by Gasteiger charge is 2.18. The van der Waals surface area contributed by atoms with E-state index in [1.807, 2.05) is 0 Å².